The molecule has 0 amide bonds. The van der Waals surface area contributed by atoms with Gasteiger partial charge in [-0.2, -0.15) is 0 Å². The first-order valence-corrected chi connectivity index (χ1v) is 5.38. The van der Waals surface area contributed by atoms with Crippen LogP contribution in [0.3, 0.4) is 0 Å². The minimum absolute atomic E-state index is 0.190. The van der Waals surface area contributed by atoms with Crippen molar-refractivity contribution in [1.82, 2.24) is 0 Å². The molecular formula is C13H14O3. The molecule has 1 aliphatic rings. The lowest BCUT2D eigenvalue weighted by Crippen LogP contribution is -2.14. The van der Waals surface area contributed by atoms with Gasteiger partial charge in [-0.15, -0.1) is 0 Å². The van der Waals surface area contributed by atoms with E-state index in [1.807, 2.05) is 6.92 Å². The number of carbonyl (C=O) groups is 2. The molecule has 1 aliphatic carbocycles. The van der Waals surface area contributed by atoms with Gasteiger partial charge < -0.3 is 4.74 Å². The van der Waals surface area contributed by atoms with Gasteiger partial charge in [0.2, 0.25) is 0 Å². The van der Waals surface area contributed by atoms with Crippen molar-refractivity contribution in [2.24, 2.45) is 0 Å². The van der Waals surface area contributed by atoms with Gasteiger partial charge in [0.05, 0.1) is 12.7 Å². The number of ketones is 1. The number of methoxy groups -OCH3 is 1. The van der Waals surface area contributed by atoms with E-state index in [4.69, 9.17) is 0 Å². The van der Waals surface area contributed by atoms with E-state index in [9.17, 15) is 9.59 Å². The van der Waals surface area contributed by atoms with Crippen LogP contribution in [-0.2, 0) is 11.2 Å². The van der Waals surface area contributed by atoms with Crippen LogP contribution in [0.4, 0.5) is 0 Å². The number of carbonyl (C=O) groups excluding carboxylic acids is 2. The van der Waals surface area contributed by atoms with E-state index in [2.05, 4.69) is 4.74 Å². The van der Waals surface area contributed by atoms with Crippen molar-refractivity contribution in [2.75, 3.05) is 7.11 Å². The zero-order valence-electron chi connectivity index (χ0n) is 9.50. The Bertz CT molecular complexity index is 460. The highest BCUT2D eigenvalue weighted by Gasteiger charge is 2.21. The second-order valence-electron chi connectivity index (χ2n) is 4.10. The molecule has 16 heavy (non-hydrogen) atoms. The van der Waals surface area contributed by atoms with Gasteiger partial charge in [0.15, 0.2) is 5.78 Å². The van der Waals surface area contributed by atoms with Crippen LogP contribution in [0.1, 0.15) is 44.7 Å². The summed E-state index contributed by atoms with van der Waals surface area (Å²) in [5.74, 6) is -0.154. The third-order valence-electron chi connectivity index (χ3n) is 2.97. The first kappa shape index (κ1) is 10.9. The van der Waals surface area contributed by atoms with Crippen molar-refractivity contribution in [3.63, 3.8) is 0 Å². The van der Waals surface area contributed by atoms with Crippen LogP contribution in [0, 0.1) is 6.92 Å². The summed E-state index contributed by atoms with van der Waals surface area (Å²) in [5, 5.41) is 0. The smallest absolute Gasteiger partial charge is 0.337 e. The molecule has 84 valence electrons. The topological polar surface area (TPSA) is 43.4 Å². The van der Waals surface area contributed by atoms with Crippen LogP contribution in [0.15, 0.2) is 12.1 Å². The van der Waals surface area contributed by atoms with Crippen molar-refractivity contribution < 1.29 is 14.3 Å². The predicted octanol–water partition coefficient (Wildman–Crippen LogP) is 2.30. The Hall–Kier alpha value is -1.64. The molecule has 0 saturated heterocycles. The van der Waals surface area contributed by atoms with Gasteiger partial charge in [-0.3, -0.25) is 4.79 Å². The molecule has 0 saturated carbocycles. The lowest BCUT2D eigenvalue weighted by atomic mass is 9.86. The highest BCUT2D eigenvalue weighted by molar-refractivity contribution is 6.01. The summed E-state index contributed by atoms with van der Waals surface area (Å²) in [6.45, 7) is 1.87. The highest BCUT2D eigenvalue weighted by atomic mass is 16.5. The molecule has 0 radical (unpaired) electrons. The van der Waals surface area contributed by atoms with Crippen molar-refractivity contribution in [3.8, 4) is 0 Å². The van der Waals surface area contributed by atoms with Crippen molar-refractivity contribution >= 4 is 11.8 Å². The molecule has 0 aromatic heterocycles. The predicted molar refractivity (Wildman–Crippen MR) is 59.8 cm³/mol. The van der Waals surface area contributed by atoms with Gasteiger partial charge in [0.25, 0.3) is 0 Å². The lowest BCUT2D eigenvalue weighted by molar-refractivity contribution is 0.0600. The molecular weight excluding hydrogens is 204 g/mol. The normalized spacial score (nSPS) is 14.5. The number of fused-ring (bicyclic) bond motifs is 1. The quantitative estimate of drug-likeness (QED) is 0.679. The largest absolute Gasteiger partial charge is 0.465 e. The van der Waals surface area contributed by atoms with Gasteiger partial charge in [0, 0.05) is 12.0 Å². The summed E-state index contributed by atoms with van der Waals surface area (Å²) in [7, 11) is 1.36. The fraction of sp³-hybridized carbons (Fsp3) is 0.385. The Labute approximate surface area is 94.4 Å². The Balaban J connectivity index is 2.53. The number of benzene rings is 1. The molecule has 2 rings (SSSR count). The number of Topliss-reactive ketones (excluding diaryl/α,β-unsaturated/α-hetero) is 1. The Morgan fingerprint density at radius 1 is 1.31 bits per heavy atom. The molecule has 0 fully saturated rings. The van der Waals surface area contributed by atoms with Crippen molar-refractivity contribution in [3.05, 3.63) is 34.4 Å². The van der Waals surface area contributed by atoms with Gasteiger partial charge in [-0.25, -0.2) is 4.79 Å². The summed E-state index contributed by atoms with van der Waals surface area (Å²) in [4.78, 5) is 23.2. The third kappa shape index (κ3) is 1.73. The van der Waals surface area contributed by atoms with Gasteiger partial charge in [0.1, 0.15) is 0 Å². The first-order chi connectivity index (χ1) is 7.63. The molecule has 0 aliphatic heterocycles. The zero-order valence-corrected chi connectivity index (χ0v) is 9.50. The number of rotatable bonds is 1. The molecule has 0 bridgehead atoms. The molecule has 0 atom stereocenters. The van der Waals surface area contributed by atoms with E-state index in [0.717, 1.165) is 29.5 Å². The van der Waals surface area contributed by atoms with Gasteiger partial charge >= 0.3 is 5.97 Å². The van der Waals surface area contributed by atoms with Crippen LogP contribution in [0.2, 0.25) is 0 Å². The summed E-state index contributed by atoms with van der Waals surface area (Å²) in [5.41, 5.74) is 3.20. The maximum absolute atomic E-state index is 11.7. The second kappa shape index (κ2) is 4.08. The van der Waals surface area contributed by atoms with Gasteiger partial charge in [-0.05, 0) is 43.0 Å². The number of esters is 1. The molecule has 1 aromatic carbocycles. The fourth-order valence-electron chi connectivity index (χ4n) is 2.26. The first-order valence-electron chi connectivity index (χ1n) is 5.38. The monoisotopic (exact) mass is 218 g/mol. The molecule has 0 heterocycles. The van der Waals surface area contributed by atoms with E-state index in [1.165, 1.54) is 7.11 Å². The third-order valence-corrected chi connectivity index (χ3v) is 2.97. The minimum Gasteiger partial charge on any atom is -0.465 e. The number of aryl methyl sites for hydroxylation is 2. The van der Waals surface area contributed by atoms with E-state index in [0.29, 0.717) is 12.0 Å². The average molecular weight is 218 g/mol. The van der Waals surface area contributed by atoms with E-state index in [1.54, 1.807) is 12.1 Å². The highest BCUT2D eigenvalue weighted by Crippen LogP contribution is 2.26. The fourth-order valence-corrected chi connectivity index (χ4v) is 2.26. The number of hydrogen-bond acceptors (Lipinski definition) is 3. The zero-order chi connectivity index (χ0) is 11.7. The Morgan fingerprint density at radius 3 is 2.75 bits per heavy atom. The Kier molecular flexibility index (Phi) is 2.77. The average Bonchev–Trinajstić information content (AvgIpc) is 2.27. The maximum atomic E-state index is 11.7. The minimum atomic E-state index is -0.344. The summed E-state index contributed by atoms with van der Waals surface area (Å²) in [6.07, 6.45) is 2.36. The van der Waals surface area contributed by atoms with Gasteiger partial charge in [-0.1, -0.05) is 0 Å². The van der Waals surface area contributed by atoms with E-state index in [-0.39, 0.29) is 11.8 Å². The lowest BCUT2D eigenvalue weighted by Gasteiger charge is -2.17. The standard InChI is InChI=1S/C13H14O3/c1-8-6-10(13(15)16-2)7-9-4-3-5-11(14)12(8)9/h6-7H,3-5H2,1-2H3. The molecule has 3 heteroatoms. The van der Waals surface area contributed by atoms with Crippen molar-refractivity contribution in [1.29, 1.82) is 0 Å². The SMILES string of the molecule is COC(=O)c1cc(C)c2c(c1)CCCC2=O. The Morgan fingerprint density at radius 2 is 2.06 bits per heavy atom. The second-order valence-corrected chi connectivity index (χ2v) is 4.10. The molecule has 0 N–H and O–H groups in total. The van der Waals surface area contributed by atoms with E-state index < -0.39 is 0 Å². The summed E-state index contributed by atoms with van der Waals surface area (Å²) in [6, 6.07) is 3.51. The molecule has 1 aromatic rings. The van der Waals surface area contributed by atoms with Crippen molar-refractivity contribution in [2.45, 2.75) is 26.2 Å². The summed E-state index contributed by atoms with van der Waals surface area (Å²) < 4.78 is 4.69. The van der Waals surface area contributed by atoms with Crippen LogP contribution in [0.25, 0.3) is 0 Å². The molecule has 0 unspecified atom stereocenters. The molecule has 0 spiro atoms. The van der Waals surface area contributed by atoms with Crippen LogP contribution in [0.5, 0.6) is 0 Å². The van der Waals surface area contributed by atoms with E-state index >= 15 is 0 Å². The number of ether oxygens (including phenoxy) is 1. The van der Waals surface area contributed by atoms with Crippen LogP contribution in [-0.4, -0.2) is 18.9 Å². The number of hydrogen-bond donors (Lipinski definition) is 0. The molecule has 3 nitrogen and oxygen atoms in total. The summed E-state index contributed by atoms with van der Waals surface area (Å²) >= 11 is 0. The maximum Gasteiger partial charge on any atom is 0.337 e. The van der Waals surface area contributed by atoms with Crippen LogP contribution >= 0.6 is 0 Å². The van der Waals surface area contributed by atoms with Crippen LogP contribution < -0.4 is 0 Å².